The Labute approximate surface area is 146 Å². The molecule has 4 aromatic rings. The summed E-state index contributed by atoms with van der Waals surface area (Å²) in [4.78, 5) is 9.60. The molecule has 0 amide bonds. The van der Waals surface area contributed by atoms with Crippen LogP contribution in [0.5, 0.6) is 0 Å². The quantitative estimate of drug-likeness (QED) is 0.389. The van der Waals surface area contributed by atoms with Crippen LogP contribution in [0.3, 0.4) is 0 Å². The van der Waals surface area contributed by atoms with E-state index < -0.39 is 0 Å². The minimum absolute atomic E-state index is 0.970. The lowest BCUT2D eigenvalue weighted by molar-refractivity contribution is 1.33. The van der Waals surface area contributed by atoms with Gasteiger partial charge in [0.05, 0.1) is 17.1 Å². The normalized spacial score (nSPS) is 13.9. The van der Waals surface area contributed by atoms with E-state index in [1.807, 2.05) is 12.3 Å². The Kier molecular flexibility index (Phi) is 3.04. The number of nitrogens with zero attached hydrogens (tertiary/aromatic N) is 2. The third-order valence-corrected chi connectivity index (χ3v) is 4.72. The Balaban J connectivity index is 1.74. The van der Waals surface area contributed by atoms with Crippen molar-refractivity contribution in [2.75, 3.05) is 0 Å². The van der Waals surface area contributed by atoms with Gasteiger partial charge in [-0.3, -0.25) is 4.98 Å². The average molecular weight is 320 g/mol. The van der Waals surface area contributed by atoms with Crippen molar-refractivity contribution in [1.29, 1.82) is 0 Å². The number of rotatable bonds is 1. The van der Waals surface area contributed by atoms with Crippen LogP contribution in [0.1, 0.15) is 16.7 Å². The van der Waals surface area contributed by atoms with E-state index in [2.05, 4.69) is 78.6 Å². The molecular weight excluding hydrogens is 304 g/mol. The Bertz CT molecular complexity index is 1160. The standard InChI is InChI=1S/C23H16N2/c1-15-8-11-19-21(13-15)23(20-7-4-12-24-22(19)20)25-18-10-9-16-5-2-3-6-17(16)14-18/h2-14H,1H3. The lowest BCUT2D eigenvalue weighted by atomic mass is 10.0. The Morgan fingerprint density at radius 3 is 2.52 bits per heavy atom. The summed E-state index contributed by atoms with van der Waals surface area (Å²) in [6, 6.07) is 25.3. The molecule has 1 aliphatic carbocycles. The highest BCUT2D eigenvalue weighted by molar-refractivity contribution is 6.24. The van der Waals surface area contributed by atoms with E-state index in [1.54, 1.807) is 0 Å². The molecule has 0 saturated carbocycles. The van der Waals surface area contributed by atoms with Gasteiger partial charge in [0.15, 0.2) is 0 Å². The van der Waals surface area contributed by atoms with Crippen molar-refractivity contribution < 1.29 is 0 Å². The van der Waals surface area contributed by atoms with E-state index in [0.29, 0.717) is 0 Å². The number of aromatic nitrogens is 1. The van der Waals surface area contributed by atoms with Crippen LogP contribution in [0, 0.1) is 6.92 Å². The molecule has 0 bridgehead atoms. The Morgan fingerprint density at radius 2 is 1.60 bits per heavy atom. The van der Waals surface area contributed by atoms with Gasteiger partial charge in [-0.15, -0.1) is 0 Å². The first-order valence-corrected chi connectivity index (χ1v) is 8.44. The second kappa shape index (κ2) is 5.38. The topological polar surface area (TPSA) is 25.2 Å². The molecule has 2 heteroatoms. The highest BCUT2D eigenvalue weighted by Gasteiger charge is 2.25. The zero-order chi connectivity index (χ0) is 16.8. The van der Waals surface area contributed by atoms with Crippen molar-refractivity contribution in [3.8, 4) is 11.3 Å². The zero-order valence-corrected chi connectivity index (χ0v) is 13.9. The fourth-order valence-corrected chi connectivity index (χ4v) is 3.51. The predicted octanol–water partition coefficient (Wildman–Crippen LogP) is 5.69. The SMILES string of the molecule is Cc1ccc2c(c1)C(=Nc1ccc3ccccc3c1)c1cccnc1-2. The number of hydrogen-bond acceptors (Lipinski definition) is 2. The number of pyridine rings is 1. The number of aryl methyl sites for hydroxylation is 1. The van der Waals surface area contributed by atoms with Gasteiger partial charge in [0.2, 0.25) is 0 Å². The molecule has 0 unspecified atom stereocenters. The summed E-state index contributed by atoms with van der Waals surface area (Å²) in [5, 5.41) is 2.44. The van der Waals surface area contributed by atoms with Gasteiger partial charge in [0.25, 0.3) is 0 Å². The van der Waals surface area contributed by atoms with Crippen molar-refractivity contribution >= 4 is 22.2 Å². The molecule has 0 saturated heterocycles. The van der Waals surface area contributed by atoms with Gasteiger partial charge in [-0.05, 0) is 48.0 Å². The largest absolute Gasteiger partial charge is 0.256 e. The smallest absolute Gasteiger partial charge is 0.0810 e. The van der Waals surface area contributed by atoms with Gasteiger partial charge >= 0.3 is 0 Å². The number of aliphatic imine (C=N–C) groups is 1. The van der Waals surface area contributed by atoms with Crippen LogP contribution in [0.25, 0.3) is 22.0 Å². The predicted molar refractivity (Wildman–Crippen MR) is 104 cm³/mol. The monoisotopic (exact) mass is 320 g/mol. The molecule has 0 spiro atoms. The average Bonchev–Trinajstić information content (AvgIpc) is 2.95. The van der Waals surface area contributed by atoms with Crippen molar-refractivity contribution in [3.63, 3.8) is 0 Å². The molecular formula is C23H16N2. The van der Waals surface area contributed by atoms with Gasteiger partial charge < -0.3 is 0 Å². The summed E-state index contributed by atoms with van der Waals surface area (Å²) < 4.78 is 0. The van der Waals surface area contributed by atoms with Crippen LogP contribution < -0.4 is 0 Å². The van der Waals surface area contributed by atoms with E-state index in [9.17, 15) is 0 Å². The van der Waals surface area contributed by atoms with Crippen molar-refractivity contribution in [2.24, 2.45) is 4.99 Å². The van der Waals surface area contributed by atoms with Crippen LogP contribution in [-0.2, 0) is 0 Å². The minimum Gasteiger partial charge on any atom is -0.256 e. The van der Waals surface area contributed by atoms with Crippen molar-refractivity contribution in [1.82, 2.24) is 4.98 Å². The second-order valence-electron chi connectivity index (χ2n) is 6.44. The van der Waals surface area contributed by atoms with Gasteiger partial charge in [-0.1, -0.05) is 48.0 Å². The lowest BCUT2D eigenvalue weighted by Gasteiger charge is -2.04. The highest BCUT2D eigenvalue weighted by atomic mass is 14.8. The fourth-order valence-electron chi connectivity index (χ4n) is 3.51. The molecule has 1 heterocycles. The van der Waals surface area contributed by atoms with Crippen LogP contribution in [-0.4, -0.2) is 10.7 Å². The second-order valence-corrected chi connectivity index (χ2v) is 6.44. The summed E-state index contributed by atoms with van der Waals surface area (Å²) in [5.74, 6) is 0. The molecule has 1 aromatic heterocycles. The molecule has 0 N–H and O–H groups in total. The van der Waals surface area contributed by atoms with Crippen LogP contribution >= 0.6 is 0 Å². The van der Waals surface area contributed by atoms with E-state index in [1.165, 1.54) is 27.5 Å². The van der Waals surface area contributed by atoms with Gasteiger partial charge in [-0.2, -0.15) is 0 Å². The molecule has 1 aliphatic rings. The maximum atomic E-state index is 5.01. The summed E-state index contributed by atoms with van der Waals surface area (Å²) >= 11 is 0. The van der Waals surface area contributed by atoms with E-state index in [4.69, 9.17) is 4.99 Å². The molecule has 5 rings (SSSR count). The molecule has 0 radical (unpaired) electrons. The first-order chi connectivity index (χ1) is 12.3. The van der Waals surface area contributed by atoms with Crippen LogP contribution in [0.2, 0.25) is 0 Å². The molecule has 3 aromatic carbocycles. The molecule has 2 nitrogen and oxygen atoms in total. The van der Waals surface area contributed by atoms with Gasteiger partial charge in [0, 0.05) is 22.9 Å². The van der Waals surface area contributed by atoms with Gasteiger partial charge in [0.1, 0.15) is 0 Å². The first-order valence-electron chi connectivity index (χ1n) is 8.44. The molecule has 0 atom stereocenters. The van der Waals surface area contributed by atoms with Gasteiger partial charge in [-0.25, -0.2) is 4.99 Å². The van der Waals surface area contributed by atoms with Crippen LogP contribution in [0.15, 0.2) is 84.0 Å². The third-order valence-electron chi connectivity index (χ3n) is 4.72. The molecule has 118 valence electrons. The Morgan fingerprint density at radius 1 is 0.720 bits per heavy atom. The van der Waals surface area contributed by atoms with E-state index in [0.717, 1.165) is 22.7 Å². The van der Waals surface area contributed by atoms with Crippen molar-refractivity contribution in [3.05, 3.63) is 95.7 Å². The van der Waals surface area contributed by atoms with E-state index in [-0.39, 0.29) is 0 Å². The summed E-state index contributed by atoms with van der Waals surface area (Å²) in [6.45, 7) is 2.12. The number of benzene rings is 3. The third kappa shape index (κ3) is 2.26. The molecule has 0 aliphatic heterocycles. The van der Waals surface area contributed by atoms with Crippen molar-refractivity contribution in [2.45, 2.75) is 6.92 Å². The first kappa shape index (κ1) is 14.1. The maximum Gasteiger partial charge on any atom is 0.0810 e. The van der Waals surface area contributed by atoms with E-state index >= 15 is 0 Å². The highest BCUT2D eigenvalue weighted by Crippen LogP contribution is 2.37. The maximum absolute atomic E-state index is 5.01. The number of fused-ring (bicyclic) bond motifs is 4. The lowest BCUT2D eigenvalue weighted by Crippen LogP contribution is -1.98. The Hall–Kier alpha value is -3.26. The molecule has 25 heavy (non-hydrogen) atoms. The zero-order valence-electron chi connectivity index (χ0n) is 13.9. The molecule has 0 fully saturated rings. The fraction of sp³-hybridized carbons (Fsp3) is 0.0435. The van der Waals surface area contributed by atoms with Crippen LogP contribution in [0.4, 0.5) is 5.69 Å². The summed E-state index contributed by atoms with van der Waals surface area (Å²) in [7, 11) is 0. The minimum atomic E-state index is 0.970. The summed E-state index contributed by atoms with van der Waals surface area (Å²) in [6.07, 6.45) is 1.85. The summed E-state index contributed by atoms with van der Waals surface area (Å²) in [5.41, 5.74) is 7.68. The number of hydrogen-bond donors (Lipinski definition) is 0.